The Bertz CT molecular complexity index is 227. The van der Waals surface area contributed by atoms with Gasteiger partial charge in [0.2, 0.25) is 0 Å². The van der Waals surface area contributed by atoms with Crippen molar-refractivity contribution in [2.24, 2.45) is 0 Å². The van der Waals surface area contributed by atoms with Crippen LogP contribution in [0.15, 0.2) is 12.1 Å². The van der Waals surface area contributed by atoms with Crippen LogP contribution in [0, 0.1) is 13.8 Å². The molecular formula is C8H8As2. The average molecular weight is 254 g/mol. The Hall–Kier alpha value is 0.337. The van der Waals surface area contributed by atoms with Crippen LogP contribution in [0.2, 0.25) is 0 Å². The first-order valence-electron chi connectivity index (χ1n) is 3.11. The van der Waals surface area contributed by atoms with Crippen LogP contribution in [0.5, 0.6) is 0 Å². The van der Waals surface area contributed by atoms with Crippen molar-refractivity contribution in [1.82, 2.24) is 0 Å². The molecule has 4 radical (unpaired) electrons. The predicted molar refractivity (Wildman–Crippen MR) is 46.7 cm³/mol. The van der Waals surface area contributed by atoms with Crippen molar-refractivity contribution in [3.05, 3.63) is 23.3 Å². The first-order chi connectivity index (χ1) is 4.63. The molecule has 1 rings (SSSR count). The molecule has 0 amide bonds. The van der Waals surface area contributed by atoms with Crippen LogP contribution in [0.4, 0.5) is 0 Å². The van der Waals surface area contributed by atoms with E-state index in [4.69, 9.17) is 0 Å². The van der Waals surface area contributed by atoms with Gasteiger partial charge < -0.3 is 0 Å². The van der Waals surface area contributed by atoms with Crippen LogP contribution in [0.1, 0.15) is 11.1 Å². The molecule has 50 valence electrons. The van der Waals surface area contributed by atoms with E-state index in [2.05, 4.69) is 59.7 Å². The third-order valence-electron chi connectivity index (χ3n) is 1.55. The molecule has 0 fully saturated rings. The molecule has 0 heterocycles. The summed E-state index contributed by atoms with van der Waals surface area (Å²) in [5.41, 5.74) is 2.70. The van der Waals surface area contributed by atoms with Gasteiger partial charge in [0.25, 0.3) is 0 Å². The van der Waals surface area contributed by atoms with Gasteiger partial charge in [-0.3, -0.25) is 0 Å². The number of rotatable bonds is 0. The Morgan fingerprint density at radius 2 is 1.20 bits per heavy atom. The first-order valence-corrected chi connectivity index (χ1v) is 4.98. The van der Waals surface area contributed by atoms with E-state index in [1.165, 1.54) is 19.8 Å². The van der Waals surface area contributed by atoms with Crippen molar-refractivity contribution in [1.29, 1.82) is 0 Å². The third kappa shape index (κ3) is 1.49. The Balaban J connectivity index is 3.34. The summed E-state index contributed by atoms with van der Waals surface area (Å²) in [6, 6.07) is 4.31. The molecule has 2 heteroatoms. The van der Waals surface area contributed by atoms with Crippen molar-refractivity contribution >= 4 is 42.4 Å². The van der Waals surface area contributed by atoms with E-state index in [-0.39, 0.29) is 0 Å². The number of hydrogen-bond acceptors (Lipinski definition) is 0. The van der Waals surface area contributed by atoms with Crippen molar-refractivity contribution in [2.75, 3.05) is 0 Å². The molecule has 1 aromatic carbocycles. The van der Waals surface area contributed by atoms with E-state index in [0.29, 0.717) is 0 Å². The summed E-state index contributed by atoms with van der Waals surface area (Å²) in [4.78, 5) is 0. The van der Waals surface area contributed by atoms with Crippen LogP contribution < -0.4 is 8.70 Å². The van der Waals surface area contributed by atoms with Crippen molar-refractivity contribution in [3.63, 3.8) is 0 Å². The van der Waals surface area contributed by atoms with Gasteiger partial charge in [-0.15, -0.1) is 0 Å². The molecule has 0 bridgehead atoms. The van der Waals surface area contributed by atoms with E-state index < -0.39 is 0 Å². The maximum atomic E-state index is 2.61. The van der Waals surface area contributed by atoms with Gasteiger partial charge in [-0.2, -0.15) is 0 Å². The number of aryl methyl sites for hydroxylation is 2. The number of benzene rings is 1. The summed E-state index contributed by atoms with van der Waals surface area (Å²) in [7, 11) is 0. The van der Waals surface area contributed by atoms with Crippen LogP contribution in [0.3, 0.4) is 0 Å². The maximum absolute atomic E-state index is 2.61. The summed E-state index contributed by atoms with van der Waals surface area (Å²) >= 11 is 5.23. The van der Waals surface area contributed by atoms with Gasteiger partial charge in [0.15, 0.2) is 0 Å². The molecule has 0 nitrogen and oxygen atoms in total. The monoisotopic (exact) mass is 254 g/mol. The Morgan fingerprint density at radius 3 is 1.50 bits per heavy atom. The number of hydrogen-bond donors (Lipinski definition) is 0. The molecule has 0 saturated heterocycles. The predicted octanol–water partition coefficient (Wildman–Crippen LogP) is -0.109. The SMILES string of the molecule is Cc1ccc(C)c([As])c1[As]. The zero-order valence-electron chi connectivity index (χ0n) is 6.05. The van der Waals surface area contributed by atoms with Crippen molar-refractivity contribution in [2.45, 2.75) is 13.8 Å². The first kappa shape index (κ1) is 8.43. The normalized spacial score (nSPS) is 10.0. The minimum absolute atomic E-state index is 1.34. The topological polar surface area (TPSA) is 0 Å². The second-order valence-corrected chi connectivity index (χ2v) is 4.27. The van der Waals surface area contributed by atoms with Gasteiger partial charge in [0.05, 0.1) is 0 Å². The molecule has 0 aliphatic carbocycles. The van der Waals surface area contributed by atoms with Crippen LogP contribution in [0.25, 0.3) is 0 Å². The quantitative estimate of drug-likeness (QED) is 0.567. The van der Waals surface area contributed by atoms with E-state index >= 15 is 0 Å². The van der Waals surface area contributed by atoms with E-state index in [1.807, 2.05) is 0 Å². The summed E-state index contributed by atoms with van der Waals surface area (Å²) < 4.78 is 2.68. The molecule has 0 aliphatic rings. The summed E-state index contributed by atoms with van der Waals surface area (Å²) in [5.74, 6) is 0. The van der Waals surface area contributed by atoms with E-state index in [1.54, 1.807) is 0 Å². The second kappa shape index (κ2) is 3.16. The Labute approximate surface area is 79.4 Å². The Morgan fingerprint density at radius 1 is 0.900 bits per heavy atom. The summed E-state index contributed by atoms with van der Waals surface area (Å²) in [6.45, 7) is 4.26. The average Bonchev–Trinajstić information content (AvgIpc) is 1.93. The molecular weight excluding hydrogens is 246 g/mol. The van der Waals surface area contributed by atoms with Gasteiger partial charge in [-0.05, 0) is 0 Å². The molecule has 1 aromatic rings. The molecule has 0 aromatic heterocycles. The molecule has 0 atom stereocenters. The summed E-state index contributed by atoms with van der Waals surface area (Å²) in [6.07, 6.45) is 0. The van der Waals surface area contributed by atoms with Crippen molar-refractivity contribution in [3.8, 4) is 0 Å². The second-order valence-electron chi connectivity index (χ2n) is 2.40. The molecule has 0 saturated carbocycles. The van der Waals surface area contributed by atoms with Crippen LogP contribution >= 0.6 is 0 Å². The van der Waals surface area contributed by atoms with Gasteiger partial charge in [0, 0.05) is 0 Å². The molecule has 0 unspecified atom stereocenters. The van der Waals surface area contributed by atoms with Crippen molar-refractivity contribution < 1.29 is 0 Å². The third-order valence-corrected chi connectivity index (χ3v) is 4.80. The van der Waals surface area contributed by atoms with Crippen LogP contribution in [-0.4, -0.2) is 33.7 Å². The van der Waals surface area contributed by atoms with Gasteiger partial charge in [0.1, 0.15) is 0 Å². The van der Waals surface area contributed by atoms with Gasteiger partial charge in [-0.1, -0.05) is 0 Å². The molecule has 10 heavy (non-hydrogen) atoms. The fraction of sp³-hybridized carbons (Fsp3) is 0.250. The fourth-order valence-electron chi connectivity index (χ4n) is 0.781. The zero-order chi connectivity index (χ0) is 7.72. The Kier molecular flexibility index (Phi) is 2.66. The van der Waals surface area contributed by atoms with Crippen LogP contribution in [-0.2, 0) is 0 Å². The summed E-state index contributed by atoms with van der Waals surface area (Å²) in [5, 5.41) is 0. The van der Waals surface area contributed by atoms with E-state index in [9.17, 15) is 0 Å². The molecule has 0 aliphatic heterocycles. The van der Waals surface area contributed by atoms with E-state index in [0.717, 1.165) is 0 Å². The molecule has 0 N–H and O–H groups in total. The fourth-order valence-corrected chi connectivity index (χ4v) is 1.83. The van der Waals surface area contributed by atoms with Gasteiger partial charge >= 0.3 is 79.5 Å². The standard InChI is InChI=1S/C8H8As2/c1-5-3-4-6(2)8(10)7(5)9/h3-4H,1-2H3. The molecule has 0 spiro atoms. The minimum atomic E-state index is 1.34. The van der Waals surface area contributed by atoms with Gasteiger partial charge in [-0.25, -0.2) is 0 Å². The zero-order valence-corrected chi connectivity index (χ0v) is 9.80.